The van der Waals surface area contributed by atoms with Gasteiger partial charge in [-0.2, -0.15) is 11.8 Å². The molecule has 3 aliphatic rings. The lowest BCUT2D eigenvalue weighted by Gasteiger charge is -2.29. The Kier molecular flexibility index (Phi) is 2.50. The summed E-state index contributed by atoms with van der Waals surface area (Å²) in [5.74, 6) is 2.35. The predicted octanol–water partition coefficient (Wildman–Crippen LogP) is 1.17. The van der Waals surface area contributed by atoms with Gasteiger partial charge in [-0.25, -0.2) is 0 Å². The second kappa shape index (κ2) is 3.69. The molecular formula is C11H20N2S. The number of thioether (sulfide) groups is 1. The van der Waals surface area contributed by atoms with E-state index in [1.807, 2.05) is 0 Å². The van der Waals surface area contributed by atoms with Gasteiger partial charge in [-0.1, -0.05) is 6.92 Å². The standard InChI is InChI=1S/C11H20N2S/c1-8-4-10(7-14-8)13-3-2-9-5-12-6-11(9)13/h8-12H,2-7H2,1H3/t8?,9-,10?,11+/m1/s1. The number of likely N-dealkylation sites (tertiary alicyclic amines) is 1. The molecule has 0 saturated carbocycles. The fourth-order valence-electron chi connectivity index (χ4n) is 3.36. The van der Waals surface area contributed by atoms with Gasteiger partial charge in [0.25, 0.3) is 0 Å². The summed E-state index contributed by atoms with van der Waals surface area (Å²) in [6, 6.07) is 1.77. The van der Waals surface area contributed by atoms with Crippen LogP contribution in [0.2, 0.25) is 0 Å². The van der Waals surface area contributed by atoms with Crippen LogP contribution >= 0.6 is 11.8 Å². The molecule has 0 bridgehead atoms. The van der Waals surface area contributed by atoms with Gasteiger partial charge in [0.15, 0.2) is 0 Å². The third-order valence-corrected chi connectivity index (χ3v) is 5.47. The summed E-state index contributed by atoms with van der Waals surface area (Å²) < 4.78 is 0. The zero-order valence-corrected chi connectivity index (χ0v) is 9.72. The summed E-state index contributed by atoms with van der Waals surface area (Å²) in [6.45, 7) is 6.27. The summed E-state index contributed by atoms with van der Waals surface area (Å²) in [7, 11) is 0. The largest absolute Gasteiger partial charge is 0.315 e. The van der Waals surface area contributed by atoms with E-state index >= 15 is 0 Å². The molecule has 3 saturated heterocycles. The maximum absolute atomic E-state index is 3.54. The van der Waals surface area contributed by atoms with Crippen molar-refractivity contribution < 1.29 is 0 Å². The van der Waals surface area contributed by atoms with E-state index in [9.17, 15) is 0 Å². The molecule has 3 rings (SSSR count). The average molecular weight is 212 g/mol. The first-order valence-corrected chi connectivity index (χ1v) is 6.97. The number of nitrogens with zero attached hydrogens (tertiary/aromatic N) is 1. The Balaban J connectivity index is 1.67. The van der Waals surface area contributed by atoms with Gasteiger partial charge in [0, 0.05) is 29.6 Å². The Morgan fingerprint density at radius 2 is 2.29 bits per heavy atom. The molecule has 0 aromatic carbocycles. The first-order chi connectivity index (χ1) is 6.84. The van der Waals surface area contributed by atoms with Crippen molar-refractivity contribution in [2.24, 2.45) is 5.92 Å². The van der Waals surface area contributed by atoms with Crippen molar-refractivity contribution in [3.8, 4) is 0 Å². The molecule has 2 unspecified atom stereocenters. The lowest BCUT2D eigenvalue weighted by atomic mass is 10.0. The van der Waals surface area contributed by atoms with E-state index < -0.39 is 0 Å². The molecule has 4 atom stereocenters. The predicted molar refractivity (Wildman–Crippen MR) is 61.8 cm³/mol. The van der Waals surface area contributed by atoms with E-state index in [1.165, 1.54) is 38.2 Å². The third kappa shape index (κ3) is 1.50. The molecule has 80 valence electrons. The second-order valence-corrected chi connectivity index (χ2v) is 6.52. The van der Waals surface area contributed by atoms with Crippen LogP contribution in [0.3, 0.4) is 0 Å². The zero-order chi connectivity index (χ0) is 9.54. The van der Waals surface area contributed by atoms with Crippen molar-refractivity contribution in [3.63, 3.8) is 0 Å². The van der Waals surface area contributed by atoms with Crippen LogP contribution in [-0.4, -0.2) is 47.6 Å². The molecule has 14 heavy (non-hydrogen) atoms. The topological polar surface area (TPSA) is 15.3 Å². The smallest absolute Gasteiger partial charge is 0.0264 e. The van der Waals surface area contributed by atoms with Gasteiger partial charge in [-0.15, -0.1) is 0 Å². The van der Waals surface area contributed by atoms with Gasteiger partial charge < -0.3 is 5.32 Å². The maximum atomic E-state index is 3.54. The van der Waals surface area contributed by atoms with E-state index in [0.717, 1.165) is 23.3 Å². The minimum absolute atomic E-state index is 0.880. The van der Waals surface area contributed by atoms with Crippen LogP contribution in [0.25, 0.3) is 0 Å². The highest BCUT2D eigenvalue weighted by atomic mass is 32.2. The van der Waals surface area contributed by atoms with Crippen molar-refractivity contribution in [3.05, 3.63) is 0 Å². The highest BCUT2D eigenvalue weighted by Gasteiger charge is 2.42. The van der Waals surface area contributed by atoms with Crippen LogP contribution in [0.15, 0.2) is 0 Å². The highest BCUT2D eigenvalue weighted by molar-refractivity contribution is 8.00. The number of hydrogen-bond acceptors (Lipinski definition) is 3. The lowest BCUT2D eigenvalue weighted by molar-refractivity contribution is 0.191. The Bertz CT molecular complexity index is 221. The van der Waals surface area contributed by atoms with Gasteiger partial charge in [0.05, 0.1) is 0 Å². The van der Waals surface area contributed by atoms with E-state index in [-0.39, 0.29) is 0 Å². The van der Waals surface area contributed by atoms with Crippen molar-refractivity contribution in [2.45, 2.75) is 37.1 Å². The Morgan fingerprint density at radius 3 is 3.07 bits per heavy atom. The maximum Gasteiger partial charge on any atom is 0.0264 e. The summed E-state index contributed by atoms with van der Waals surface area (Å²) in [5.41, 5.74) is 0. The van der Waals surface area contributed by atoms with Gasteiger partial charge in [-0.05, 0) is 31.8 Å². The highest BCUT2D eigenvalue weighted by Crippen LogP contribution is 2.36. The van der Waals surface area contributed by atoms with E-state index in [2.05, 4.69) is 28.9 Å². The van der Waals surface area contributed by atoms with Crippen molar-refractivity contribution in [2.75, 3.05) is 25.4 Å². The van der Waals surface area contributed by atoms with Crippen LogP contribution in [0.5, 0.6) is 0 Å². The number of rotatable bonds is 1. The molecule has 0 amide bonds. The molecule has 3 heterocycles. The molecule has 0 radical (unpaired) electrons. The molecule has 0 aliphatic carbocycles. The molecule has 0 aromatic rings. The normalized spacial score (nSPS) is 48.6. The summed E-state index contributed by atoms with van der Waals surface area (Å²) in [4.78, 5) is 2.81. The molecule has 3 fully saturated rings. The minimum Gasteiger partial charge on any atom is -0.315 e. The van der Waals surface area contributed by atoms with Crippen LogP contribution in [0, 0.1) is 5.92 Å². The second-order valence-electron chi connectivity index (χ2n) is 5.05. The molecule has 0 aromatic heterocycles. The molecular weight excluding hydrogens is 192 g/mol. The van der Waals surface area contributed by atoms with Crippen LogP contribution in [0.4, 0.5) is 0 Å². The Labute approximate surface area is 90.8 Å². The number of nitrogens with one attached hydrogen (secondary N) is 1. The van der Waals surface area contributed by atoms with Crippen molar-refractivity contribution in [1.29, 1.82) is 0 Å². The van der Waals surface area contributed by atoms with Gasteiger partial charge in [-0.3, -0.25) is 4.90 Å². The monoisotopic (exact) mass is 212 g/mol. The summed E-state index contributed by atoms with van der Waals surface area (Å²) in [6.07, 6.45) is 2.86. The molecule has 1 N–H and O–H groups in total. The van der Waals surface area contributed by atoms with E-state index in [1.54, 1.807) is 0 Å². The fraction of sp³-hybridized carbons (Fsp3) is 1.00. The quantitative estimate of drug-likeness (QED) is 0.702. The molecule has 2 nitrogen and oxygen atoms in total. The average Bonchev–Trinajstić information content (AvgIpc) is 2.77. The molecule has 0 spiro atoms. The van der Waals surface area contributed by atoms with E-state index in [4.69, 9.17) is 0 Å². The minimum atomic E-state index is 0.880. The lowest BCUT2D eigenvalue weighted by Crippen LogP contribution is -2.42. The van der Waals surface area contributed by atoms with Gasteiger partial charge >= 0.3 is 0 Å². The molecule has 3 heteroatoms. The van der Waals surface area contributed by atoms with Crippen LogP contribution in [0.1, 0.15) is 19.8 Å². The van der Waals surface area contributed by atoms with Crippen LogP contribution < -0.4 is 5.32 Å². The zero-order valence-electron chi connectivity index (χ0n) is 8.91. The number of fused-ring (bicyclic) bond motifs is 1. The summed E-state index contributed by atoms with van der Waals surface area (Å²) >= 11 is 2.16. The molecule has 3 aliphatic heterocycles. The first-order valence-electron chi connectivity index (χ1n) is 5.92. The van der Waals surface area contributed by atoms with Crippen LogP contribution in [-0.2, 0) is 0 Å². The van der Waals surface area contributed by atoms with Crippen molar-refractivity contribution >= 4 is 11.8 Å². The SMILES string of the molecule is CC1CC(N2CC[C@@H]3CNC[C@@H]32)CS1. The fourth-order valence-corrected chi connectivity index (χ4v) is 4.60. The third-order valence-electron chi connectivity index (χ3n) is 4.13. The van der Waals surface area contributed by atoms with E-state index in [0.29, 0.717) is 0 Å². The van der Waals surface area contributed by atoms with Crippen molar-refractivity contribution in [1.82, 2.24) is 10.2 Å². The summed E-state index contributed by atoms with van der Waals surface area (Å²) in [5, 5.41) is 4.44. The Morgan fingerprint density at radius 1 is 1.36 bits per heavy atom. The Hall–Kier alpha value is 0.270. The first kappa shape index (κ1) is 9.49. The van der Waals surface area contributed by atoms with Gasteiger partial charge in [0.2, 0.25) is 0 Å². The van der Waals surface area contributed by atoms with Gasteiger partial charge in [0.1, 0.15) is 0 Å². The number of hydrogen-bond donors (Lipinski definition) is 1.